The standard InChI is InChI=1S/C21H23N3O2S/c1-4-15(3)17-10-5-6-11-18(17)22-19(25)13-27-21-24-23-20(26-21)16-9-7-8-14(2)12-16/h5-12,15H,4,13H2,1-3H3,(H,22,25)/t15-/m1/s1. The second kappa shape index (κ2) is 8.86. The molecule has 0 spiro atoms. The number of nitrogens with one attached hydrogen (secondary N) is 1. The normalized spacial score (nSPS) is 12.0. The van der Waals surface area contributed by atoms with Gasteiger partial charge in [0.15, 0.2) is 0 Å². The number of carbonyl (C=O) groups is 1. The van der Waals surface area contributed by atoms with Crippen LogP contribution in [0.3, 0.4) is 0 Å². The summed E-state index contributed by atoms with van der Waals surface area (Å²) in [5.41, 5.74) is 4.02. The van der Waals surface area contributed by atoms with E-state index in [0.29, 0.717) is 17.0 Å². The molecule has 0 aliphatic rings. The zero-order valence-electron chi connectivity index (χ0n) is 15.7. The number of para-hydroxylation sites is 1. The van der Waals surface area contributed by atoms with Crippen LogP contribution in [0.5, 0.6) is 0 Å². The van der Waals surface area contributed by atoms with Crippen LogP contribution in [-0.2, 0) is 4.79 Å². The minimum absolute atomic E-state index is 0.0916. The maximum absolute atomic E-state index is 12.3. The molecule has 0 aliphatic carbocycles. The number of hydrogen-bond acceptors (Lipinski definition) is 5. The minimum atomic E-state index is -0.0916. The fourth-order valence-electron chi connectivity index (χ4n) is 2.74. The van der Waals surface area contributed by atoms with Crippen molar-refractivity contribution in [2.75, 3.05) is 11.1 Å². The molecule has 0 aliphatic heterocycles. The molecule has 27 heavy (non-hydrogen) atoms. The Hall–Kier alpha value is -2.60. The van der Waals surface area contributed by atoms with E-state index in [1.54, 1.807) is 0 Å². The number of benzene rings is 2. The number of carbonyl (C=O) groups excluding carboxylic acids is 1. The number of thioether (sulfide) groups is 1. The third-order valence-corrected chi connectivity index (χ3v) is 5.19. The first-order chi connectivity index (χ1) is 13.1. The van der Waals surface area contributed by atoms with E-state index in [-0.39, 0.29) is 11.7 Å². The predicted octanol–water partition coefficient (Wildman–Crippen LogP) is 5.29. The molecule has 6 heteroatoms. The molecule has 3 rings (SSSR count). The SMILES string of the molecule is CC[C@@H](C)c1ccccc1NC(=O)CSc1nnc(-c2cccc(C)c2)o1. The molecule has 2 aromatic carbocycles. The Morgan fingerprint density at radius 3 is 2.78 bits per heavy atom. The van der Waals surface area contributed by atoms with E-state index < -0.39 is 0 Å². The number of amides is 1. The van der Waals surface area contributed by atoms with Gasteiger partial charge in [0.05, 0.1) is 5.75 Å². The fourth-order valence-corrected chi connectivity index (χ4v) is 3.30. The first kappa shape index (κ1) is 19.2. The van der Waals surface area contributed by atoms with Crippen molar-refractivity contribution in [2.45, 2.75) is 38.3 Å². The fraction of sp³-hybridized carbons (Fsp3) is 0.286. The molecule has 1 amide bonds. The van der Waals surface area contributed by atoms with E-state index in [1.165, 1.54) is 11.8 Å². The molecule has 1 atom stereocenters. The summed E-state index contributed by atoms with van der Waals surface area (Å²) in [7, 11) is 0. The van der Waals surface area contributed by atoms with E-state index in [0.717, 1.165) is 28.8 Å². The number of rotatable bonds is 7. The average molecular weight is 382 g/mol. The Bertz CT molecular complexity index is 923. The van der Waals surface area contributed by atoms with E-state index in [2.05, 4.69) is 35.4 Å². The quantitative estimate of drug-likeness (QED) is 0.563. The van der Waals surface area contributed by atoms with Crippen molar-refractivity contribution in [2.24, 2.45) is 0 Å². The van der Waals surface area contributed by atoms with Crippen LogP contribution in [0.25, 0.3) is 11.5 Å². The van der Waals surface area contributed by atoms with Gasteiger partial charge in [-0.05, 0) is 43.0 Å². The van der Waals surface area contributed by atoms with Gasteiger partial charge >= 0.3 is 0 Å². The largest absolute Gasteiger partial charge is 0.411 e. The molecule has 5 nitrogen and oxygen atoms in total. The summed E-state index contributed by atoms with van der Waals surface area (Å²) in [4.78, 5) is 12.3. The topological polar surface area (TPSA) is 68.0 Å². The highest BCUT2D eigenvalue weighted by molar-refractivity contribution is 7.99. The predicted molar refractivity (Wildman–Crippen MR) is 109 cm³/mol. The Morgan fingerprint density at radius 2 is 2.00 bits per heavy atom. The first-order valence-electron chi connectivity index (χ1n) is 8.99. The highest BCUT2D eigenvalue weighted by Crippen LogP contribution is 2.27. The van der Waals surface area contributed by atoms with Gasteiger partial charge in [-0.25, -0.2) is 0 Å². The van der Waals surface area contributed by atoms with Crippen molar-refractivity contribution in [1.82, 2.24) is 10.2 Å². The zero-order chi connectivity index (χ0) is 19.2. The van der Waals surface area contributed by atoms with Crippen LogP contribution in [0.2, 0.25) is 0 Å². The molecule has 140 valence electrons. The molecular formula is C21H23N3O2S. The highest BCUT2D eigenvalue weighted by atomic mass is 32.2. The number of nitrogens with zero attached hydrogens (tertiary/aromatic N) is 2. The van der Waals surface area contributed by atoms with E-state index in [9.17, 15) is 4.79 Å². The highest BCUT2D eigenvalue weighted by Gasteiger charge is 2.14. The van der Waals surface area contributed by atoms with E-state index in [1.807, 2.05) is 49.4 Å². The lowest BCUT2D eigenvalue weighted by molar-refractivity contribution is -0.113. The monoisotopic (exact) mass is 381 g/mol. The molecule has 0 fully saturated rings. The molecular weight excluding hydrogens is 358 g/mol. The van der Waals surface area contributed by atoms with Crippen molar-refractivity contribution in [3.63, 3.8) is 0 Å². The molecule has 3 aromatic rings. The molecule has 0 unspecified atom stereocenters. The first-order valence-corrected chi connectivity index (χ1v) is 9.97. The summed E-state index contributed by atoms with van der Waals surface area (Å²) in [5.74, 6) is 0.973. The maximum atomic E-state index is 12.3. The van der Waals surface area contributed by atoms with Crippen LogP contribution in [0.4, 0.5) is 5.69 Å². The lowest BCUT2D eigenvalue weighted by Gasteiger charge is -2.15. The number of aromatic nitrogens is 2. The molecule has 1 heterocycles. The van der Waals surface area contributed by atoms with Crippen LogP contribution in [0.15, 0.2) is 58.2 Å². The summed E-state index contributed by atoms with van der Waals surface area (Å²) < 4.78 is 5.67. The Labute approximate surface area is 163 Å². The third-order valence-electron chi connectivity index (χ3n) is 4.38. The Morgan fingerprint density at radius 1 is 1.19 bits per heavy atom. The van der Waals surface area contributed by atoms with E-state index >= 15 is 0 Å². The Balaban J connectivity index is 1.61. The van der Waals surface area contributed by atoms with Crippen LogP contribution in [-0.4, -0.2) is 21.9 Å². The van der Waals surface area contributed by atoms with Crippen LogP contribution < -0.4 is 5.32 Å². The van der Waals surface area contributed by atoms with Crippen molar-refractivity contribution in [1.29, 1.82) is 0 Å². The van der Waals surface area contributed by atoms with Gasteiger partial charge in [-0.15, -0.1) is 10.2 Å². The van der Waals surface area contributed by atoms with Gasteiger partial charge in [-0.2, -0.15) is 0 Å². The van der Waals surface area contributed by atoms with Crippen molar-refractivity contribution in [3.8, 4) is 11.5 Å². The number of aryl methyl sites for hydroxylation is 1. The van der Waals surface area contributed by atoms with Gasteiger partial charge in [-0.3, -0.25) is 4.79 Å². The van der Waals surface area contributed by atoms with Crippen molar-refractivity contribution < 1.29 is 9.21 Å². The summed E-state index contributed by atoms with van der Waals surface area (Å²) in [6, 6.07) is 15.8. The second-order valence-electron chi connectivity index (χ2n) is 6.48. The van der Waals surface area contributed by atoms with Crippen LogP contribution in [0, 0.1) is 6.92 Å². The van der Waals surface area contributed by atoms with Gasteiger partial charge in [0.25, 0.3) is 5.22 Å². The summed E-state index contributed by atoms with van der Waals surface area (Å²) in [6.45, 7) is 6.31. The van der Waals surface area contributed by atoms with Crippen LogP contribution in [0.1, 0.15) is 37.3 Å². The molecule has 1 aromatic heterocycles. The summed E-state index contributed by atoms with van der Waals surface area (Å²) in [5, 5.41) is 11.5. The van der Waals surface area contributed by atoms with Crippen molar-refractivity contribution in [3.05, 3.63) is 59.7 Å². The Kier molecular flexibility index (Phi) is 6.29. The number of hydrogen-bond donors (Lipinski definition) is 1. The van der Waals surface area contributed by atoms with Crippen molar-refractivity contribution >= 4 is 23.4 Å². The van der Waals surface area contributed by atoms with Crippen LogP contribution >= 0.6 is 11.8 Å². The second-order valence-corrected chi connectivity index (χ2v) is 7.40. The number of anilines is 1. The summed E-state index contributed by atoms with van der Waals surface area (Å²) in [6.07, 6.45) is 1.02. The maximum Gasteiger partial charge on any atom is 0.277 e. The van der Waals surface area contributed by atoms with Gasteiger partial charge in [0, 0.05) is 11.3 Å². The van der Waals surface area contributed by atoms with Gasteiger partial charge in [0.1, 0.15) is 0 Å². The lowest BCUT2D eigenvalue weighted by atomic mass is 9.97. The lowest BCUT2D eigenvalue weighted by Crippen LogP contribution is -2.15. The summed E-state index contributed by atoms with van der Waals surface area (Å²) >= 11 is 1.24. The molecule has 0 saturated carbocycles. The minimum Gasteiger partial charge on any atom is -0.411 e. The van der Waals surface area contributed by atoms with Gasteiger partial charge in [-0.1, -0.05) is 61.5 Å². The molecule has 0 radical (unpaired) electrons. The molecule has 1 N–H and O–H groups in total. The molecule has 0 saturated heterocycles. The molecule has 0 bridgehead atoms. The average Bonchev–Trinajstić information content (AvgIpc) is 3.15. The zero-order valence-corrected chi connectivity index (χ0v) is 16.5. The van der Waals surface area contributed by atoms with Gasteiger partial charge < -0.3 is 9.73 Å². The van der Waals surface area contributed by atoms with Gasteiger partial charge in [0.2, 0.25) is 11.8 Å². The third kappa shape index (κ3) is 4.98. The smallest absolute Gasteiger partial charge is 0.277 e. The van der Waals surface area contributed by atoms with E-state index in [4.69, 9.17) is 4.42 Å².